The Labute approximate surface area is 92.6 Å². The van der Waals surface area contributed by atoms with Gasteiger partial charge in [0.05, 0.1) is 4.47 Å². The molecule has 1 rings (SSSR count). The lowest BCUT2D eigenvalue weighted by molar-refractivity contribution is 0.326. The Morgan fingerprint density at radius 1 is 1.36 bits per heavy atom. The molecule has 0 saturated heterocycles. The monoisotopic (exact) mass is 259 g/mol. The van der Waals surface area contributed by atoms with Crippen LogP contribution in [0.15, 0.2) is 22.7 Å². The first-order valence-corrected chi connectivity index (χ1v) is 5.32. The molecule has 0 unspecified atom stereocenters. The van der Waals surface area contributed by atoms with E-state index in [4.69, 9.17) is 5.73 Å². The molecule has 1 aromatic carbocycles. The highest BCUT2D eigenvalue weighted by atomic mass is 79.9. The highest BCUT2D eigenvalue weighted by Crippen LogP contribution is 2.31. The molecule has 0 aliphatic rings. The molecular formula is C11H15BrFN. The van der Waals surface area contributed by atoms with E-state index in [-0.39, 0.29) is 17.3 Å². The minimum atomic E-state index is -0.262. The first-order valence-electron chi connectivity index (χ1n) is 4.53. The molecular weight excluding hydrogens is 245 g/mol. The molecule has 2 N–H and O–H groups in total. The van der Waals surface area contributed by atoms with Gasteiger partial charge in [-0.3, -0.25) is 0 Å². The van der Waals surface area contributed by atoms with Gasteiger partial charge in [-0.25, -0.2) is 4.39 Å². The Balaban J connectivity index is 3.03. The molecule has 0 radical (unpaired) electrons. The molecule has 78 valence electrons. The number of nitrogens with two attached hydrogens (primary N) is 1. The standard InChI is InChI=1S/C11H15BrFN/c1-11(2,3)10(14)7-4-5-8(12)9(13)6-7/h4-6,10H,14H2,1-3H3/t10-/m1/s1. The largest absolute Gasteiger partial charge is 0.324 e. The van der Waals surface area contributed by atoms with E-state index in [9.17, 15) is 4.39 Å². The van der Waals surface area contributed by atoms with Crippen LogP contribution in [0.4, 0.5) is 4.39 Å². The summed E-state index contributed by atoms with van der Waals surface area (Å²) in [5.74, 6) is -0.262. The van der Waals surface area contributed by atoms with Crippen molar-refractivity contribution in [3.05, 3.63) is 34.1 Å². The minimum absolute atomic E-state index is 0.0553. The topological polar surface area (TPSA) is 26.0 Å². The Kier molecular flexibility index (Phi) is 3.32. The van der Waals surface area contributed by atoms with E-state index in [2.05, 4.69) is 15.9 Å². The van der Waals surface area contributed by atoms with Crippen LogP contribution in [0.2, 0.25) is 0 Å². The molecule has 0 aliphatic carbocycles. The highest BCUT2D eigenvalue weighted by Gasteiger charge is 2.22. The average Bonchev–Trinajstić information content (AvgIpc) is 2.07. The first-order chi connectivity index (χ1) is 6.32. The number of rotatable bonds is 1. The predicted molar refractivity (Wildman–Crippen MR) is 60.5 cm³/mol. The van der Waals surface area contributed by atoms with Crippen molar-refractivity contribution in [2.24, 2.45) is 11.1 Å². The fourth-order valence-corrected chi connectivity index (χ4v) is 1.45. The SMILES string of the molecule is CC(C)(C)[C@H](N)c1ccc(Br)c(F)c1. The zero-order chi connectivity index (χ0) is 10.9. The van der Waals surface area contributed by atoms with Crippen molar-refractivity contribution in [2.45, 2.75) is 26.8 Å². The molecule has 1 aromatic rings. The van der Waals surface area contributed by atoms with Crippen LogP contribution in [0.1, 0.15) is 32.4 Å². The number of benzene rings is 1. The molecule has 0 bridgehead atoms. The van der Waals surface area contributed by atoms with Crippen molar-refractivity contribution < 1.29 is 4.39 Å². The second-order valence-corrected chi connectivity index (χ2v) is 5.37. The third kappa shape index (κ3) is 2.55. The van der Waals surface area contributed by atoms with Crippen LogP contribution >= 0.6 is 15.9 Å². The van der Waals surface area contributed by atoms with Gasteiger partial charge in [0.1, 0.15) is 5.82 Å². The Morgan fingerprint density at radius 3 is 2.36 bits per heavy atom. The Morgan fingerprint density at radius 2 is 1.93 bits per heavy atom. The molecule has 1 nitrogen and oxygen atoms in total. The zero-order valence-corrected chi connectivity index (χ0v) is 10.2. The lowest BCUT2D eigenvalue weighted by Crippen LogP contribution is -2.26. The van der Waals surface area contributed by atoms with Gasteiger partial charge in [0, 0.05) is 6.04 Å². The van der Waals surface area contributed by atoms with Gasteiger partial charge < -0.3 is 5.73 Å². The average molecular weight is 260 g/mol. The van der Waals surface area contributed by atoms with Crippen molar-refractivity contribution in [1.29, 1.82) is 0 Å². The molecule has 0 aromatic heterocycles. The quantitative estimate of drug-likeness (QED) is 0.819. The normalized spacial score (nSPS) is 14.1. The van der Waals surface area contributed by atoms with Gasteiger partial charge in [-0.1, -0.05) is 26.8 Å². The summed E-state index contributed by atoms with van der Waals surface area (Å²) in [5, 5.41) is 0. The molecule has 0 aliphatic heterocycles. The summed E-state index contributed by atoms with van der Waals surface area (Å²) < 4.78 is 13.7. The van der Waals surface area contributed by atoms with Gasteiger partial charge in [-0.15, -0.1) is 0 Å². The second-order valence-electron chi connectivity index (χ2n) is 4.52. The van der Waals surface area contributed by atoms with Crippen LogP contribution in [0, 0.1) is 11.2 Å². The number of hydrogen-bond donors (Lipinski definition) is 1. The summed E-state index contributed by atoms with van der Waals surface area (Å²) in [6, 6.07) is 4.88. The lowest BCUT2D eigenvalue weighted by atomic mass is 9.83. The van der Waals surface area contributed by atoms with Gasteiger partial charge in [-0.05, 0) is 39.0 Å². The maximum atomic E-state index is 13.2. The van der Waals surface area contributed by atoms with Crippen molar-refractivity contribution in [3.63, 3.8) is 0 Å². The summed E-state index contributed by atoms with van der Waals surface area (Å²) in [6.07, 6.45) is 0. The van der Waals surface area contributed by atoms with E-state index in [0.29, 0.717) is 4.47 Å². The van der Waals surface area contributed by atoms with Crippen LogP contribution in [0.25, 0.3) is 0 Å². The maximum absolute atomic E-state index is 13.2. The minimum Gasteiger partial charge on any atom is -0.324 e. The zero-order valence-electron chi connectivity index (χ0n) is 8.64. The van der Waals surface area contributed by atoms with Crippen molar-refractivity contribution >= 4 is 15.9 Å². The fraction of sp³-hybridized carbons (Fsp3) is 0.455. The van der Waals surface area contributed by atoms with Gasteiger partial charge in [0.25, 0.3) is 0 Å². The Hall–Kier alpha value is -0.410. The van der Waals surface area contributed by atoms with E-state index in [1.165, 1.54) is 6.07 Å². The summed E-state index contributed by atoms with van der Waals surface area (Å²) in [4.78, 5) is 0. The summed E-state index contributed by atoms with van der Waals surface area (Å²) >= 11 is 3.11. The van der Waals surface area contributed by atoms with Crippen LogP contribution in [-0.2, 0) is 0 Å². The van der Waals surface area contributed by atoms with E-state index in [1.807, 2.05) is 26.8 Å². The molecule has 14 heavy (non-hydrogen) atoms. The fourth-order valence-electron chi connectivity index (χ4n) is 1.21. The molecule has 0 fully saturated rings. The first kappa shape index (κ1) is 11.7. The Bertz CT molecular complexity index is 331. The van der Waals surface area contributed by atoms with Crippen molar-refractivity contribution in [2.75, 3.05) is 0 Å². The van der Waals surface area contributed by atoms with Crippen LogP contribution in [0.3, 0.4) is 0 Å². The van der Waals surface area contributed by atoms with E-state index in [1.54, 1.807) is 6.07 Å². The molecule has 1 atom stereocenters. The highest BCUT2D eigenvalue weighted by molar-refractivity contribution is 9.10. The van der Waals surface area contributed by atoms with E-state index >= 15 is 0 Å². The molecule has 0 heterocycles. The lowest BCUT2D eigenvalue weighted by Gasteiger charge is -2.27. The van der Waals surface area contributed by atoms with Crippen molar-refractivity contribution in [3.8, 4) is 0 Å². The van der Waals surface area contributed by atoms with Gasteiger partial charge in [0.15, 0.2) is 0 Å². The second kappa shape index (κ2) is 3.99. The van der Waals surface area contributed by atoms with Gasteiger partial charge >= 0.3 is 0 Å². The molecule has 0 amide bonds. The van der Waals surface area contributed by atoms with E-state index in [0.717, 1.165) is 5.56 Å². The van der Waals surface area contributed by atoms with Gasteiger partial charge in [0.2, 0.25) is 0 Å². The maximum Gasteiger partial charge on any atom is 0.137 e. The summed E-state index contributed by atoms with van der Waals surface area (Å²) in [5.41, 5.74) is 6.79. The summed E-state index contributed by atoms with van der Waals surface area (Å²) in [7, 11) is 0. The van der Waals surface area contributed by atoms with Crippen molar-refractivity contribution in [1.82, 2.24) is 0 Å². The molecule has 3 heteroatoms. The van der Waals surface area contributed by atoms with Crippen LogP contribution in [-0.4, -0.2) is 0 Å². The number of hydrogen-bond acceptors (Lipinski definition) is 1. The molecule has 0 spiro atoms. The van der Waals surface area contributed by atoms with Crippen LogP contribution < -0.4 is 5.73 Å². The third-order valence-electron chi connectivity index (χ3n) is 2.24. The molecule has 0 saturated carbocycles. The van der Waals surface area contributed by atoms with E-state index < -0.39 is 0 Å². The van der Waals surface area contributed by atoms with Crippen LogP contribution in [0.5, 0.6) is 0 Å². The summed E-state index contributed by atoms with van der Waals surface area (Å²) in [6.45, 7) is 6.12. The predicted octanol–water partition coefficient (Wildman–Crippen LogP) is 3.63. The number of halogens is 2. The smallest absolute Gasteiger partial charge is 0.137 e. The third-order valence-corrected chi connectivity index (χ3v) is 2.88. The van der Waals surface area contributed by atoms with Gasteiger partial charge in [-0.2, -0.15) is 0 Å².